The minimum absolute atomic E-state index is 0.109. The van der Waals surface area contributed by atoms with Crippen molar-refractivity contribution < 1.29 is 19.2 Å². The second kappa shape index (κ2) is 7.21. The van der Waals surface area contributed by atoms with Crippen LogP contribution in [-0.4, -0.2) is 39.2 Å². The van der Waals surface area contributed by atoms with Gasteiger partial charge in [-0.25, -0.2) is 4.79 Å². The number of ether oxygens (including phenoxy) is 1. The standard InChI is InChI=1S/C14H22N4O5/c1-6-7-14(4,13(20)23-5)15-11(19)8-17-10(3)12(18(21)22)9(2)16-17/h6-8H2,1-5H3,(H,15,19). The van der Waals surface area contributed by atoms with Gasteiger partial charge in [-0.3, -0.25) is 19.6 Å². The summed E-state index contributed by atoms with van der Waals surface area (Å²) >= 11 is 0. The zero-order chi connectivity index (χ0) is 17.8. The molecule has 1 heterocycles. The molecule has 1 aromatic heterocycles. The fraction of sp³-hybridized carbons (Fsp3) is 0.643. The average Bonchev–Trinajstić information content (AvgIpc) is 2.72. The molecule has 1 N–H and O–H groups in total. The van der Waals surface area contributed by atoms with Crippen LogP contribution in [0.15, 0.2) is 0 Å². The maximum Gasteiger partial charge on any atom is 0.331 e. The lowest BCUT2D eigenvalue weighted by atomic mass is 9.96. The second-order valence-corrected chi connectivity index (χ2v) is 5.56. The van der Waals surface area contributed by atoms with E-state index < -0.39 is 22.3 Å². The quantitative estimate of drug-likeness (QED) is 0.458. The molecule has 1 amide bonds. The van der Waals surface area contributed by atoms with Gasteiger partial charge >= 0.3 is 11.7 Å². The van der Waals surface area contributed by atoms with Crippen molar-refractivity contribution in [2.75, 3.05) is 7.11 Å². The first-order valence-corrected chi connectivity index (χ1v) is 7.24. The Morgan fingerprint density at radius 3 is 2.48 bits per heavy atom. The fourth-order valence-corrected chi connectivity index (χ4v) is 2.53. The Hall–Kier alpha value is -2.45. The van der Waals surface area contributed by atoms with E-state index in [-0.39, 0.29) is 23.6 Å². The summed E-state index contributed by atoms with van der Waals surface area (Å²) in [6.07, 6.45) is 1.10. The molecule has 1 atom stereocenters. The normalized spacial score (nSPS) is 13.3. The molecule has 0 bridgehead atoms. The zero-order valence-corrected chi connectivity index (χ0v) is 14.0. The van der Waals surface area contributed by atoms with Crippen LogP contribution in [0.2, 0.25) is 0 Å². The molecule has 0 saturated carbocycles. The number of amides is 1. The molecule has 0 aliphatic rings. The number of methoxy groups -OCH3 is 1. The van der Waals surface area contributed by atoms with Crippen LogP contribution in [0.4, 0.5) is 5.69 Å². The minimum atomic E-state index is -1.14. The van der Waals surface area contributed by atoms with E-state index in [1.165, 1.54) is 25.6 Å². The van der Waals surface area contributed by atoms with Crippen molar-refractivity contribution in [3.05, 3.63) is 21.5 Å². The third-order valence-corrected chi connectivity index (χ3v) is 3.62. The van der Waals surface area contributed by atoms with E-state index >= 15 is 0 Å². The lowest BCUT2D eigenvalue weighted by Crippen LogP contribution is -2.53. The monoisotopic (exact) mass is 326 g/mol. The van der Waals surface area contributed by atoms with Crippen molar-refractivity contribution >= 4 is 17.6 Å². The molecule has 0 radical (unpaired) electrons. The molecule has 0 fully saturated rings. The van der Waals surface area contributed by atoms with Gasteiger partial charge in [0.25, 0.3) is 0 Å². The van der Waals surface area contributed by atoms with Crippen molar-refractivity contribution in [1.29, 1.82) is 0 Å². The van der Waals surface area contributed by atoms with Crippen LogP contribution in [0.3, 0.4) is 0 Å². The van der Waals surface area contributed by atoms with Crippen LogP contribution < -0.4 is 5.32 Å². The number of aryl methyl sites for hydroxylation is 1. The summed E-state index contributed by atoms with van der Waals surface area (Å²) in [4.78, 5) is 34.5. The van der Waals surface area contributed by atoms with Gasteiger partial charge in [0.15, 0.2) is 0 Å². The largest absolute Gasteiger partial charge is 0.467 e. The van der Waals surface area contributed by atoms with Gasteiger partial charge in [0.05, 0.1) is 12.0 Å². The van der Waals surface area contributed by atoms with Gasteiger partial charge in [-0.2, -0.15) is 5.10 Å². The van der Waals surface area contributed by atoms with Crippen molar-refractivity contribution in [3.63, 3.8) is 0 Å². The van der Waals surface area contributed by atoms with Crippen molar-refractivity contribution in [1.82, 2.24) is 15.1 Å². The Labute approximate surface area is 134 Å². The Balaban J connectivity index is 2.94. The van der Waals surface area contributed by atoms with Crippen LogP contribution in [-0.2, 0) is 20.9 Å². The average molecular weight is 326 g/mol. The predicted molar refractivity (Wildman–Crippen MR) is 81.8 cm³/mol. The van der Waals surface area contributed by atoms with Gasteiger partial charge in [0.1, 0.15) is 23.5 Å². The smallest absolute Gasteiger partial charge is 0.331 e. The highest BCUT2D eigenvalue weighted by Crippen LogP contribution is 2.22. The highest BCUT2D eigenvalue weighted by atomic mass is 16.6. The maximum absolute atomic E-state index is 12.2. The van der Waals surface area contributed by atoms with Gasteiger partial charge in [0, 0.05) is 0 Å². The summed E-state index contributed by atoms with van der Waals surface area (Å²) < 4.78 is 5.99. The Kier molecular flexibility index (Phi) is 5.83. The molecule has 1 unspecified atom stereocenters. The summed E-state index contributed by atoms with van der Waals surface area (Å²) in [6.45, 7) is 6.30. The van der Waals surface area contributed by atoms with Crippen LogP contribution in [0.1, 0.15) is 38.1 Å². The maximum atomic E-state index is 12.2. The summed E-state index contributed by atoms with van der Waals surface area (Å²) in [7, 11) is 1.26. The van der Waals surface area contributed by atoms with Gasteiger partial charge in [0.2, 0.25) is 5.91 Å². The third kappa shape index (κ3) is 4.05. The molecule has 0 aliphatic heterocycles. The first-order valence-electron chi connectivity index (χ1n) is 7.24. The Morgan fingerprint density at radius 2 is 2.04 bits per heavy atom. The molecule has 23 heavy (non-hydrogen) atoms. The number of aromatic nitrogens is 2. The summed E-state index contributed by atoms with van der Waals surface area (Å²) in [5, 5.41) is 17.6. The number of hydrogen-bond donors (Lipinski definition) is 1. The Bertz CT molecular complexity index is 625. The van der Waals surface area contributed by atoms with Crippen molar-refractivity contribution in [2.24, 2.45) is 0 Å². The van der Waals surface area contributed by atoms with Crippen LogP contribution in [0, 0.1) is 24.0 Å². The van der Waals surface area contributed by atoms with E-state index in [1.54, 1.807) is 6.92 Å². The van der Waals surface area contributed by atoms with Gasteiger partial charge in [-0.05, 0) is 27.2 Å². The molecule has 0 aromatic carbocycles. The fourth-order valence-electron chi connectivity index (χ4n) is 2.53. The molecular formula is C14H22N4O5. The Morgan fingerprint density at radius 1 is 1.43 bits per heavy atom. The van der Waals surface area contributed by atoms with E-state index in [1.807, 2.05) is 6.92 Å². The van der Waals surface area contributed by atoms with Crippen molar-refractivity contribution in [2.45, 2.75) is 52.6 Å². The summed E-state index contributed by atoms with van der Waals surface area (Å²) in [6, 6.07) is 0. The first kappa shape index (κ1) is 18.6. The van der Waals surface area contributed by atoms with Crippen molar-refractivity contribution in [3.8, 4) is 0 Å². The number of hydrogen-bond acceptors (Lipinski definition) is 6. The number of carbonyl (C=O) groups is 2. The van der Waals surface area contributed by atoms with Gasteiger partial charge < -0.3 is 10.1 Å². The van der Waals surface area contributed by atoms with E-state index in [0.29, 0.717) is 12.8 Å². The number of carbonyl (C=O) groups excluding carboxylic acids is 2. The third-order valence-electron chi connectivity index (χ3n) is 3.62. The topological polar surface area (TPSA) is 116 Å². The SMILES string of the molecule is CCCC(C)(NC(=O)Cn1nc(C)c([N+](=O)[O-])c1C)C(=O)OC. The molecule has 9 heteroatoms. The van der Waals surface area contributed by atoms with E-state index in [9.17, 15) is 19.7 Å². The first-order chi connectivity index (χ1) is 10.7. The molecule has 0 saturated heterocycles. The molecule has 1 rings (SSSR count). The van der Waals surface area contributed by atoms with Gasteiger partial charge in [-0.15, -0.1) is 0 Å². The second-order valence-electron chi connectivity index (χ2n) is 5.56. The summed E-state index contributed by atoms with van der Waals surface area (Å²) in [5.41, 5.74) is -0.715. The van der Waals surface area contributed by atoms with E-state index in [0.717, 1.165) is 0 Å². The lowest BCUT2D eigenvalue weighted by Gasteiger charge is -2.27. The molecular weight excluding hydrogens is 304 g/mol. The zero-order valence-electron chi connectivity index (χ0n) is 14.0. The minimum Gasteiger partial charge on any atom is -0.467 e. The number of nitrogens with one attached hydrogen (secondary N) is 1. The van der Waals surface area contributed by atoms with Crippen LogP contribution >= 0.6 is 0 Å². The number of esters is 1. The molecule has 1 aromatic rings. The molecule has 0 spiro atoms. The van der Waals surface area contributed by atoms with Crippen LogP contribution in [0.5, 0.6) is 0 Å². The number of nitro groups is 1. The highest BCUT2D eigenvalue weighted by molar-refractivity contribution is 5.87. The predicted octanol–water partition coefficient (Wildman–Crippen LogP) is 1.26. The molecule has 0 aliphatic carbocycles. The highest BCUT2D eigenvalue weighted by Gasteiger charge is 2.35. The summed E-state index contributed by atoms with van der Waals surface area (Å²) in [5.74, 6) is -1.00. The van der Waals surface area contributed by atoms with E-state index in [2.05, 4.69) is 10.4 Å². The van der Waals surface area contributed by atoms with Crippen LogP contribution in [0.25, 0.3) is 0 Å². The number of rotatable bonds is 7. The number of nitrogens with zero attached hydrogens (tertiary/aromatic N) is 3. The van der Waals surface area contributed by atoms with E-state index in [4.69, 9.17) is 4.74 Å². The molecule has 128 valence electrons. The molecule has 9 nitrogen and oxygen atoms in total. The van der Waals surface area contributed by atoms with Gasteiger partial charge in [-0.1, -0.05) is 13.3 Å². The lowest BCUT2D eigenvalue weighted by molar-refractivity contribution is -0.386.